The van der Waals surface area contributed by atoms with E-state index in [1.54, 1.807) is 19.9 Å². The number of ether oxygens (including phenoxy) is 2. The maximum absolute atomic E-state index is 15.0. The fourth-order valence-electron chi connectivity index (χ4n) is 5.66. The first kappa shape index (κ1) is 38.4. The van der Waals surface area contributed by atoms with Crippen LogP contribution in [0.4, 0.5) is 5.95 Å². The number of rotatable bonds is 11. The Labute approximate surface area is 297 Å². The Morgan fingerprint density at radius 3 is 2.49 bits per heavy atom. The van der Waals surface area contributed by atoms with Crippen molar-refractivity contribution in [1.82, 2.24) is 24.6 Å². The predicted octanol–water partition coefficient (Wildman–Crippen LogP) is 4.98. The molecular formula is C35H49N6O9P. The second-order valence-corrected chi connectivity index (χ2v) is 17.5. The lowest BCUT2D eigenvalue weighted by molar-refractivity contribution is -0.149. The Bertz CT molecular complexity index is 1950. The van der Waals surface area contributed by atoms with E-state index in [-0.39, 0.29) is 40.3 Å². The van der Waals surface area contributed by atoms with Crippen LogP contribution in [0.2, 0.25) is 0 Å². The van der Waals surface area contributed by atoms with Crippen molar-refractivity contribution in [2.24, 2.45) is 11.3 Å². The smallest absolute Gasteiger partial charge is 0.459 e. The molecule has 1 fully saturated rings. The number of aliphatic hydroxyl groups excluding tert-OH is 1. The molecular weight excluding hydrogens is 679 g/mol. The average Bonchev–Trinajstić information content (AvgIpc) is 3.54. The molecule has 0 saturated carbocycles. The van der Waals surface area contributed by atoms with Crippen LogP contribution in [-0.2, 0) is 28.8 Å². The number of aliphatic hydroxyl groups is 2. The summed E-state index contributed by atoms with van der Waals surface area (Å²) in [6, 6.07) is 10.2. The number of anilines is 1. The van der Waals surface area contributed by atoms with E-state index < -0.39 is 62.2 Å². The molecule has 0 bridgehead atoms. The summed E-state index contributed by atoms with van der Waals surface area (Å²) in [5.74, 6) is -1.51. The van der Waals surface area contributed by atoms with Gasteiger partial charge in [0, 0.05) is 5.39 Å². The van der Waals surface area contributed by atoms with E-state index in [9.17, 15) is 24.7 Å². The van der Waals surface area contributed by atoms with Crippen molar-refractivity contribution in [3.63, 3.8) is 0 Å². The molecule has 2 aromatic heterocycles. The van der Waals surface area contributed by atoms with Gasteiger partial charge in [0.2, 0.25) is 11.8 Å². The minimum absolute atomic E-state index is 0.00248. The van der Waals surface area contributed by atoms with Crippen LogP contribution < -0.4 is 15.3 Å². The largest absolute Gasteiger partial charge is 0.492 e. The van der Waals surface area contributed by atoms with Gasteiger partial charge >= 0.3 is 13.7 Å². The van der Waals surface area contributed by atoms with Gasteiger partial charge in [-0.3, -0.25) is 13.9 Å². The highest BCUT2D eigenvalue weighted by atomic mass is 31.2. The Hall–Kier alpha value is -3.85. The Morgan fingerprint density at radius 2 is 1.84 bits per heavy atom. The van der Waals surface area contributed by atoms with E-state index in [1.165, 1.54) is 17.8 Å². The number of carbonyl (C=O) groups excluding carboxylic acids is 1. The van der Waals surface area contributed by atoms with Crippen LogP contribution in [0, 0.1) is 11.3 Å². The molecule has 6 atom stereocenters. The first-order valence-corrected chi connectivity index (χ1v) is 18.3. The molecule has 2 unspecified atom stereocenters. The fourth-order valence-corrected chi connectivity index (χ4v) is 7.34. The number of aromatic hydroxyl groups is 1. The molecule has 0 spiro atoms. The van der Waals surface area contributed by atoms with Gasteiger partial charge in [0.05, 0.1) is 19.5 Å². The average molecular weight is 729 g/mol. The second-order valence-electron chi connectivity index (χ2n) is 15.8. The van der Waals surface area contributed by atoms with Crippen LogP contribution in [0.3, 0.4) is 0 Å². The molecule has 1 saturated heterocycles. The topological polar surface area (TPSA) is 213 Å². The number of nitrogen functional groups attached to an aromatic ring is 1. The molecule has 15 nitrogen and oxygen atoms in total. The summed E-state index contributed by atoms with van der Waals surface area (Å²) in [7, 11) is -4.51. The van der Waals surface area contributed by atoms with Gasteiger partial charge in [-0.15, -0.1) is 0 Å². The SMILES string of the molecule is CC(C)[C@H](NP(=O)(OC[C@H]1OC(n2cnc3c(O)nc(N)nc32)[C@](C)(O)[C@@H]1O)Oc1cc(C(C)(C)C)cc2ccccc12)C(=O)OCC(C)(C)C. The van der Waals surface area contributed by atoms with Crippen molar-refractivity contribution in [3.8, 4) is 11.6 Å². The normalized spacial score (nSPS) is 23.1. The van der Waals surface area contributed by atoms with Gasteiger partial charge < -0.3 is 35.1 Å². The molecule has 16 heteroatoms. The van der Waals surface area contributed by atoms with Gasteiger partial charge in [0.15, 0.2) is 17.4 Å². The molecule has 51 heavy (non-hydrogen) atoms. The van der Waals surface area contributed by atoms with Crippen molar-refractivity contribution in [3.05, 3.63) is 48.3 Å². The molecule has 6 N–H and O–H groups in total. The van der Waals surface area contributed by atoms with E-state index in [1.807, 2.05) is 71.9 Å². The molecule has 3 heterocycles. The summed E-state index contributed by atoms with van der Waals surface area (Å²) < 4.78 is 40.3. The Balaban J connectivity index is 1.50. The monoisotopic (exact) mass is 728 g/mol. The molecule has 2 aromatic carbocycles. The molecule has 0 amide bonds. The summed E-state index contributed by atoms with van der Waals surface area (Å²) in [5, 5.41) is 37.3. The highest BCUT2D eigenvalue weighted by Crippen LogP contribution is 2.50. The van der Waals surface area contributed by atoms with E-state index in [0.29, 0.717) is 5.39 Å². The zero-order valence-electron chi connectivity index (χ0n) is 30.4. The molecule has 0 aliphatic carbocycles. The Kier molecular flexibility index (Phi) is 10.5. The van der Waals surface area contributed by atoms with Crippen molar-refractivity contribution in [1.29, 1.82) is 0 Å². The van der Waals surface area contributed by atoms with E-state index in [4.69, 9.17) is 24.3 Å². The van der Waals surface area contributed by atoms with Crippen LogP contribution >= 0.6 is 7.75 Å². The van der Waals surface area contributed by atoms with E-state index >= 15 is 0 Å². The van der Waals surface area contributed by atoms with E-state index in [0.717, 1.165) is 10.9 Å². The first-order valence-electron chi connectivity index (χ1n) is 16.8. The van der Waals surface area contributed by atoms with Gasteiger partial charge in [-0.25, -0.2) is 9.55 Å². The summed E-state index contributed by atoms with van der Waals surface area (Å²) in [6.07, 6.45) is -2.88. The minimum atomic E-state index is -4.51. The van der Waals surface area contributed by atoms with Crippen molar-refractivity contribution >= 4 is 41.6 Å². The third-order valence-electron chi connectivity index (χ3n) is 8.61. The van der Waals surface area contributed by atoms with Crippen LogP contribution in [0.15, 0.2) is 42.7 Å². The van der Waals surface area contributed by atoms with Crippen molar-refractivity contribution < 1.29 is 43.2 Å². The number of aromatic nitrogens is 4. The van der Waals surface area contributed by atoms with E-state index in [2.05, 4.69) is 20.0 Å². The molecule has 4 aromatic rings. The van der Waals surface area contributed by atoms with Gasteiger partial charge in [0.25, 0.3) is 0 Å². The van der Waals surface area contributed by atoms with Gasteiger partial charge in [-0.1, -0.05) is 85.7 Å². The van der Waals surface area contributed by atoms with Gasteiger partial charge in [-0.2, -0.15) is 15.1 Å². The number of fused-ring (bicyclic) bond motifs is 2. The molecule has 5 rings (SSSR count). The maximum atomic E-state index is 15.0. The minimum Gasteiger partial charge on any atom is -0.492 e. The van der Waals surface area contributed by atoms with Crippen LogP contribution in [0.25, 0.3) is 21.9 Å². The quantitative estimate of drug-likeness (QED) is 0.102. The number of esters is 1. The number of nitrogens with two attached hydrogens (primary N) is 1. The van der Waals surface area contributed by atoms with Crippen LogP contribution in [0.1, 0.15) is 74.1 Å². The predicted molar refractivity (Wildman–Crippen MR) is 191 cm³/mol. The number of benzene rings is 2. The molecule has 278 valence electrons. The lowest BCUT2D eigenvalue weighted by Crippen LogP contribution is -2.45. The number of nitrogens with one attached hydrogen (secondary N) is 1. The van der Waals surface area contributed by atoms with Crippen molar-refractivity contribution in [2.75, 3.05) is 18.9 Å². The molecule has 1 aliphatic heterocycles. The number of hydrogen-bond acceptors (Lipinski definition) is 13. The zero-order valence-corrected chi connectivity index (χ0v) is 31.3. The molecule has 0 radical (unpaired) electrons. The summed E-state index contributed by atoms with van der Waals surface area (Å²) >= 11 is 0. The first-order chi connectivity index (χ1) is 23.6. The number of hydrogen-bond donors (Lipinski definition) is 5. The number of nitrogens with zero attached hydrogens (tertiary/aromatic N) is 4. The van der Waals surface area contributed by atoms with Gasteiger partial charge in [0.1, 0.15) is 29.6 Å². The summed E-state index contributed by atoms with van der Waals surface area (Å²) in [4.78, 5) is 25.3. The second kappa shape index (κ2) is 13.9. The highest BCUT2D eigenvalue weighted by Gasteiger charge is 2.54. The summed E-state index contributed by atoms with van der Waals surface area (Å²) in [6.45, 7) is 16.4. The summed E-state index contributed by atoms with van der Waals surface area (Å²) in [5.41, 5.74) is 4.13. The highest BCUT2D eigenvalue weighted by molar-refractivity contribution is 7.52. The fraction of sp³-hybridized carbons (Fsp3) is 0.543. The maximum Gasteiger partial charge on any atom is 0.459 e. The lowest BCUT2D eigenvalue weighted by Gasteiger charge is -2.29. The third kappa shape index (κ3) is 8.29. The van der Waals surface area contributed by atoms with Crippen LogP contribution in [0.5, 0.6) is 11.6 Å². The standard InChI is InChI=1S/C35H49N6O9P/c1-19(2)25(30(44)47-17-33(3,4)5)40-51(46,50-23-15-21(34(6,7)8)14-20-12-10-11-13-22(20)23)48-16-24-27(42)35(9,45)31(49-24)41-18-37-26-28(41)38-32(36)39-29(26)43/h10-15,18-19,24-25,27,31,42,45H,16-17H2,1-9H3,(H,40,46)(H3,36,38,39,43)/t24-,25+,27-,31?,35-,51?/m1/s1. The number of carbonyl (C=O) groups is 1. The van der Waals surface area contributed by atoms with Crippen LogP contribution in [-0.4, -0.2) is 77.9 Å². The zero-order chi connectivity index (χ0) is 37.7. The van der Waals surface area contributed by atoms with Crippen molar-refractivity contribution in [2.45, 2.75) is 97.8 Å². The lowest BCUT2D eigenvalue weighted by atomic mass is 9.85. The van der Waals surface area contributed by atoms with Gasteiger partial charge in [-0.05, 0) is 40.7 Å². The molecule has 1 aliphatic rings. The Morgan fingerprint density at radius 1 is 1.16 bits per heavy atom. The third-order valence-corrected chi connectivity index (χ3v) is 10.1. The number of imidazole rings is 1.